The summed E-state index contributed by atoms with van der Waals surface area (Å²) in [5.41, 5.74) is 0.989. The topological polar surface area (TPSA) is 103 Å². The second-order valence-electron chi connectivity index (χ2n) is 7.53. The fourth-order valence-electron chi connectivity index (χ4n) is 3.32. The summed E-state index contributed by atoms with van der Waals surface area (Å²) in [4.78, 5) is 24.5. The minimum atomic E-state index is -0.979. The van der Waals surface area contributed by atoms with Crippen LogP contribution in [0.25, 0.3) is 0 Å². The number of anilines is 1. The van der Waals surface area contributed by atoms with E-state index < -0.39 is 24.3 Å². The van der Waals surface area contributed by atoms with Gasteiger partial charge in [0.1, 0.15) is 11.9 Å². The lowest BCUT2D eigenvalue weighted by Gasteiger charge is -2.28. The molecular weight excluding hydrogens is 550 g/mol. The molecule has 3 aromatic rings. The summed E-state index contributed by atoms with van der Waals surface area (Å²) in [7, 11) is 1.44. The number of aromatic hydroxyl groups is 1. The summed E-state index contributed by atoms with van der Waals surface area (Å²) in [6, 6.07) is 20.7. The standard InChI is InChI=1S/C26H26BrNO7S/c1-32-22-12-7-17(15-21(22)29)25(35-26(31)28-19-10-8-18(27)9-11-19)23(13-14-33-24(30)16-36)34-20-5-3-2-4-6-20/h2-12,15,23,25,29,36H,13-14,16H2,1H3,(H,28,31)/t23-,25-/m0/s1. The molecule has 0 saturated heterocycles. The van der Waals surface area contributed by atoms with Crippen molar-refractivity contribution in [1.82, 2.24) is 0 Å². The van der Waals surface area contributed by atoms with Crippen molar-refractivity contribution in [2.75, 3.05) is 24.8 Å². The van der Waals surface area contributed by atoms with E-state index in [2.05, 4.69) is 33.9 Å². The van der Waals surface area contributed by atoms with Crippen molar-refractivity contribution in [2.24, 2.45) is 0 Å². The number of hydrogen-bond donors (Lipinski definition) is 3. The van der Waals surface area contributed by atoms with E-state index in [4.69, 9.17) is 18.9 Å². The summed E-state index contributed by atoms with van der Waals surface area (Å²) in [5.74, 6) is 0.121. The van der Waals surface area contributed by atoms with Crippen LogP contribution in [0.2, 0.25) is 0 Å². The van der Waals surface area contributed by atoms with Crippen molar-refractivity contribution in [3.8, 4) is 17.2 Å². The van der Waals surface area contributed by atoms with E-state index >= 15 is 0 Å². The maximum absolute atomic E-state index is 12.9. The third-order valence-corrected chi connectivity index (χ3v) is 5.81. The zero-order valence-electron chi connectivity index (χ0n) is 19.4. The first-order chi connectivity index (χ1) is 17.4. The van der Waals surface area contributed by atoms with Gasteiger partial charge in [0, 0.05) is 22.1 Å². The fourth-order valence-corrected chi connectivity index (χ4v) is 3.67. The highest BCUT2D eigenvalue weighted by molar-refractivity contribution is 9.10. The zero-order valence-corrected chi connectivity index (χ0v) is 21.9. The fraction of sp³-hybridized carbons (Fsp3) is 0.231. The number of carbonyl (C=O) groups excluding carboxylic acids is 2. The number of amides is 1. The monoisotopic (exact) mass is 575 g/mol. The number of nitrogens with one attached hydrogen (secondary N) is 1. The van der Waals surface area contributed by atoms with E-state index in [1.165, 1.54) is 13.2 Å². The molecule has 0 heterocycles. The van der Waals surface area contributed by atoms with Crippen LogP contribution in [0.4, 0.5) is 10.5 Å². The Labute approximate surface area is 223 Å². The Morgan fingerprint density at radius 3 is 2.42 bits per heavy atom. The van der Waals surface area contributed by atoms with E-state index in [1.54, 1.807) is 48.5 Å². The molecule has 0 unspecified atom stereocenters. The second kappa shape index (κ2) is 13.6. The van der Waals surface area contributed by atoms with Gasteiger partial charge in [-0.1, -0.05) is 40.2 Å². The van der Waals surface area contributed by atoms with Crippen molar-refractivity contribution in [2.45, 2.75) is 18.6 Å². The predicted molar refractivity (Wildman–Crippen MR) is 142 cm³/mol. The van der Waals surface area contributed by atoms with E-state index in [0.717, 1.165) is 4.47 Å². The molecule has 0 spiro atoms. The molecule has 3 aromatic carbocycles. The predicted octanol–water partition coefficient (Wildman–Crippen LogP) is 5.76. The zero-order chi connectivity index (χ0) is 25.9. The number of halogens is 1. The molecule has 2 N–H and O–H groups in total. The van der Waals surface area contributed by atoms with Crippen molar-refractivity contribution in [3.05, 3.63) is 82.8 Å². The largest absolute Gasteiger partial charge is 0.504 e. The van der Waals surface area contributed by atoms with Crippen LogP contribution in [0, 0.1) is 0 Å². The Kier molecular flexibility index (Phi) is 10.3. The van der Waals surface area contributed by atoms with Gasteiger partial charge in [0.25, 0.3) is 0 Å². The van der Waals surface area contributed by atoms with Crippen LogP contribution in [-0.2, 0) is 14.3 Å². The molecule has 0 aromatic heterocycles. The summed E-state index contributed by atoms with van der Waals surface area (Å²) >= 11 is 7.28. The number of hydrogen-bond acceptors (Lipinski definition) is 8. The molecule has 1 amide bonds. The number of rotatable bonds is 11. The highest BCUT2D eigenvalue weighted by Gasteiger charge is 2.30. The van der Waals surface area contributed by atoms with Gasteiger partial charge in [-0.25, -0.2) is 4.79 Å². The molecule has 10 heteroatoms. The van der Waals surface area contributed by atoms with E-state index in [9.17, 15) is 14.7 Å². The lowest BCUT2D eigenvalue weighted by Crippen LogP contribution is -2.32. The molecule has 0 saturated carbocycles. The minimum absolute atomic E-state index is 0.00716. The van der Waals surface area contributed by atoms with E-state index in [-0.39, 0.29) is 30.3 Å². The molecule has 0 radical (unpaired) electrons. The van der Waals surface area contributed by atoms with Crippen LogP contribution in [0.15, 0.2) is 77.3 Å². The first kappa shape index (κ1) is 27.2. The average molecular weight is 576 g/mol. The molecule has 36 heavy (non-hydrogen) atoms. The Morgan fingerprint density at radius 1 is 1.06 bits per heavy atom. The van der Waals surface area contributed by atoms with Crippen LogP contribution in [0.5, 0.6) is 17.2 Å². The first-order valence-electron chi connectivity index (χ1n) is 11.0. The number of para-hydroxylation sites is 1. The smallest absolute Gasteiger partial charge is 0.412 e. The summed E-state index contributed by atoms with van der Waals surface area (Å²) in [6.45, 7) is 0.00716. The highest BCUT2D eigenvalue weighted by Crippen LogP contribution is 2.34. The molecule has 0 fully saturated rings. The first-order valence-corrected chi connectivity index (χ1v) is 12.4. The minimum Gasteiger partial charge on any atom is -0.504 e. The van der Waals surface area contributed by atoms with Gasteiger partial charge in [0.05, 0.1) is 19.5 Å². The van der Waals surface area contributed by atoms with Gasteiger partial charge in [-0.2, -0.15) is 12.6 Å². The van der Waals surface area contributed by atoms with Crippen LogP contribution in [0.1, 0.15) is 18.1 Å². The van der Waals surface area contributed by atoms with Crippen molar-refractivity contribution >= 4 is 46.3 Å². The Hall–Kier alpha value is -3.37. The summed E-state index contributed by atoms with van der Waals surface area (Å²) in [6.07, 6.45) is -2.29. The Bertz CT molecular complexity index is 1140. The number of ether oxygens (including phenoxy) is 4. The third-order valence-electron chi connectivity index (χ3n) is 5.02. The molecule has 0 aliphatic heterocycles. The van der Waals surface area contributed by atoms with Crippen molar-refractivity contribution in [3.63, 3.8) is 0 Å². The normalized spacial score (nSPS) is 12.2. The lowest BCUT2D eigenvalue weighted by atomic mass is 10.0. The van der Waals surface area contributed by atoms with Gasteiger partial charge in [-0.15, -0.1) is 0 Å². The molecular formula is C26H26BrNO7S. The van der Waals surface area contributed by atoms with Crippen LogP contribution in [0.3, 0.4) is 0 Å². The second-order valence-corrected chi connectivity index (χ2v) is 8.76. The number of esters is 1. The van der Waals surface area contributed by atoms with Gasteiger partial charge in [0.2, 0.25) is 0 Å². The van der Waals surface area contributed by atoms with Gasteiger partial charge >= 0.3 is 12.1 Å². The van der Waals surface area contributed by atoms with Gasteiger partial charge in [-0.3, -0.25) is 10.1 Å². The molecule has 190 valence electrons. The molecule has 2 atom stereocenters. The number of benzene rings is 3. The van der Waals surface area contributed by atoms with Gasteiger partial charge < -0.3 is 24.1 Å². The Morgan fingerprint density at radius 2 is 1.78 bits per heavy atom. The van der Waals surface area contributed by atoms with Gasteiger partial charge in [0.15, 0.2) is 17.6 Å². The van der Waals surface area contributed by atoms with Crippen LogP contribution in [-0.4, -0.2) is 42.7 Å². The summed E-state index contributed by atoms with van der Waals surface area (Å²) < 4.78 is 23.2. The molecule has 3 rings (SSSR count). The number of phenolic OH excluding ortho intramolecular Hbond substituents is 1. The number of phenols is 1. The number of methoxy groups -OCH3 is 1. The average Bonchev–Trinajstić information content (AvgIpc) is 2.88. The van der Waals surface area contributed by atoms with Crippen LogP contribution < -0.4 is 14.8 Å². The van der Waals surface area contributed by atoms with Crippen molar-refractivity contribution in [1.29, 1.82) is 0 Å². The van der Waals surface area contributed by atoms with Crippen molar-refractivity contribution < 1.29 is 33.6 Å². The van der Waals surface area contributed by atoms with Crippen LogP contribution >= 0.6 is 28.6 Å². The lowest BCUT2D eigenvalue weighted by molar-refractivity contribution is -0.141. The quantitative estimate of drug-likeness (QED) is 0.197. The van der Waals surface area contributed by atoms with E-state index in [0.29, 0.717) is 17.0 Å². The summed E-state index contributed by atoms with van der Waals surface area (Å²) in [5, 5.41) is 13.1. The maximum atomic E-state index is 12.9. The SMILES string of the molecule is COc1ccc([C@H](OC(=O)Nc2ccc(Br)cc2)[C@H](CCOC(=O)CS)Oc2ccccc2)cc1O. The van der Waals surface area contributed by atoms with Gasteiger partial charge in [-0.05, 0) is 48.5 Å². The molecule has 0 aliphatic rings. The number of carbonyl (C=O) groups is 2. The highest BCUT2D eigenvalue weighted by atomic mass is 79.9. The molecule has 0 aliphatic carbocycles. The maximum Gasteiger partial charge on any atom is 0.412 e. The molecule has 0 bridgehead atoms. The van der Waals surface area contributed by atoms with E-state index in [1.807, 2.05) is 18.2 Å². The Balaban J connectivity index is 1.90. The number of thiol groups is 1. The third kappa shape index (κ3) is 8.10. The molecule has 8 nitrogen and oxygen atoms in total.